The van der Waals surface area contributed by atoms with Gasteiger partial charge in [0.05, 0.1) is 0 Å². The highest BCUT2D eigenvalue weighted by atomic mass is 16.2. The summed E-state index contributed by atoms with van der Waals surface area (Å²) in [7, 11) is 1.73. The first-order valence-electron chi connectivity index (χ1n) is 5.27. The molecule has 1 aromatic heterocycles. The summed E-state index contributed by atoms with van der Waals surface area (Å²) in [6, 6.07) is 12.8. The smallest absolute Gasteiger partial charge is 0.307 e. The molecule has 4 heteroatoms. The molecule has 0 saturated carbocycles. The SMILES string of the molecule is CN(C(=O)Nc1ccncc1)c1ccccc1. The van der Waals surface area contributed by atoms with E-state index < -0.39 is 0 Å². The minimum Gasteiger partial charge on any atom is -0.307 e. The van der Waals surface area contributed by atoms with Crippen molar-refractivity contribution in [3.63, 3.8) is 0 Å². The summed E-state index contributed by atoms with van der Waals surface area (Å²) in [5.74, 6) is 0. The maximum absolute atomic E-state index is 11.9. The summed E-state index contributed by atoms with van der Waals surface area (Å²) in [6.45, 7) is 0. The fourth-order valence-corrected chi connectivity index (χ4v) is 1.41. The number of nitrogens with one attached hydrogen (secondary N) is 1. The summed E-state index contributed by atoms with van der Waals surface area (Å²) in [5, 5.41) is 2.79. The van der Waals surface area contributed by atoms with Gasteiger partial charge in [0.1, 0.15) is 0 Å². The van der Waals surface area contributed by atoms with Crippen molar-refractivity contribution in [2.45, 2.75) is 0 Å². The quantitative estimate of drug-likeness (QED) is 0.857. The molecule has 0 unspecified atom stereocenters. The van der Waals surface area contributed by atoms with Gasteiger partial charge < -0.3 is 5.32 Å². The molecule has 0 atom stereocenters. The van der Waals surface area contributed by atoms with Gasteiger partial charge in [0, 0.05) is 30.8 Å². The molecule has 0 fully saturated rings. The van der Waals surface area contributed by atoms with Gasteiger partial charge in [-0.15, -0.1) is 0 Å². The lowest BCUT2D eigenvalue weighted by atomic mass is 10.3. The van der Waals surface area contributed by atoms with Gasteiger partial charge in [0.2, 0.25) is 0 Å². The van der Waals surface area contributed by atoms with E-state index in [1.807, 2.05) is 30.3 Å². The average molecular weight is 227 g/mol. The molecular weight excluding hydrogens is 214 g/mol. The number of aromatic nitrogens is 1. The lowest BCUT2D eigenvalue weighted by Gasteiger charge is -2.17. The van der Waals surface area contributed by atoms with E-state index in [2.05, 4.69) is 10.3 Å². The molecule has 0 aliphatic rings. The number of nitrogens with zero attached hydrogens (tertiary/aromatic N) is 2. The van der Waals surface area contributed by atoms with E-state index in [9.17, 15) is 4.79 Å². The van der Waals surface area contributed by atoms with Gasteiger partial charge in [0.15, 0.2) is 0 Å². The Morgan fingerprint density at radius 1 is 1.12 bits per heavy atom. The van der Waals surface area contributed by atoms with Crippen LogP contribution < -0.4 is 10.2 Å². The number of hydrogen-bond donors (Lipinski definition) is 1. The molecule has 2 rings (SSSR count). The Morgan fingerprint density at radius 2 is 1.76 bits per heavy atom. The van der Waals surface area contributed by atoms with Crippen molar-refractivity contribution in [3.05, 3.63) is 54.9 Å². The fraction of sp³-hybridized carbons (Fsp3) is 0.0769. The van der Waals surface area contributed by atoms with Gasteiger partial charge in [-0.05, 0) is 24.3 Å². The van der Waals surface area contributed by atoms with Gasteiger partial charge in [-0.1, -0.05) is 18.2 Å². The van der Waals surface area contributed by atoms with Crippen LogP contribution in [0.2, 0.25) is 0 Å². The van der Waals surface area contributed by atoms with Crippen molar-refractivity contribution in [2.75, 3.05) is 17.3 Å². The third-order valence-electron chi connectivity index (χ3n) is 2.38. The zero-order chi connectivity index (χ0) is 12.1. The summed E-state index contributed by atoms with van der Waals surface area (Å²) >= 11 is 0. The van der Waals surface area contributed by atoms with Crippen LogP contribution in [0, 0.1) is 0 Å². The van der Waals surface area contributed by atoms with E-state index in [0.717, 1.165) is 11.4 Å². The number of amides is 2. The molecule has 4 nitrogen and oxygen atoms in total. The molecule has 1 N–H and O–H groups in total. The summed E-state index contributed by atoms with van der Waals surface area (Å²) in [4.78, 5) is 17.4. The van der Waals surface area contributed by atoms with Crippen molar-refractivity contribution in [3.8, 4) is 0 Å². The first-order chi connectivity index (χ1) is 8.27. The molecule has 2 aromatic rings. The van der Waals surface area contributed by atoms with Crippen molar-refractivity contribution in [1.29, 1.82) is 0 Å². The van der Waals surface area contributed by atoms with Gasteiger partial charge in [-0.25, -0.2) is 4.79 Å². The lowest BCUT2D eigenvalue weighted by molar-refractivity contribution is 0.258. The van der Waals surface area contributed by atoms with Crippen LogP contribution in [0.3, 0.4) is 0 Å². The molecule has 1 aromatic carbocycles. The van der Waals surface area contributed by atoms with Gasteiger partial charge in [-0.3, -0.25) is 9.88 Å². The summed E-state index contributed by atoms with van der Waals surface area (Å²) in [6.07, 6.45) is 3.27. The largest absolute Gasteiger partial charge is 0.326 e. The molecule has 0 spiro atoms. The van der Waals surface area contributed by atoms with E-state index in [0.29, 0.717) is 0 Å². The third-order valence-corrected chi connectivity index (χ3v) is 2.38. The van der Waals surface area contributed by atoms with E-state index >= 15 is 0 Å². The van der Waals surface area contributed by atoms with Crippen molar-refractivity contribution >= 4 is 17.4 Å². The van der Waals surface area contributed by atoms with E-state index in [-0.39, 0.29) is 6.03 Å². The van der Waals surface area contributed by atoms with Gasteiger partial charge in [-0.2, -0.15) is 0 Å². The lowest BCUT2D eigenvalue weighted by Crippen LogP contribution is -2.31. The maximum atomic E-state index is 11.9. The average Bonchev–Trinajstić information content (AvgIpc) is 2.40. The minimum atomic E-state index is -0.178. The number of urea groups is 1. The van der Waals surface area contributed by atoms with Gasteiger partial charge in [0.25, 0.3) is 0 Å². The Labute approximate surface area is 99.9 Å². The number of carbonyl (C=O) groups excluding carboxylic acids is 1. The summed E-state index contributed by atoms with van der Waals surface area (Å²) < 4.78 is 0. The van der Waals surface area contributed by atoms with Crippen molar-refractivity contribution in [1.82, 2.24) is 4.98 Å². The number of carbonyl (C=O) groups is 1. The number of benzene rings is 1. The van der Waals surface area contributed by atoms with E-state index in [1.54, 1.807) is 36.5 Å². The summed E-state index contributed by atoms with van der Waals surface area (Å²) in [5.41, 5.74) is 1.58. The molecular formula is C13H13N3O. The van der Waals surface area contributed by atoms with E-state index in [4.69, 9.17) is 0 Å². The zero-order valence-electron chi connectivity index (χ0n) is 9.50. The first kappa shape index (κ1) is 11.1. The molecule has 0 bridgehead atoms. The molecule has 0 aliphatic carbocycles. The second kappa shape index (κ2) is 5.12. The number of anilines is 2. The Balaban J connectivity index is 2.06. The molecule has 0 radical (unpaired) electrons. The first-order valence-corrected chi connectivity index (χ1v) is 5.27. The van der Waals surface area contributed by atoms with Crippen LogP contribution in [-0.2, 0) is 0 Å². The number of hydrogen-bond acceptors (Lipinski definition) is 2. The Bertz CT molecular complexity index is 485. The molecule has 2 amide bonds. The topological polar surface area (TPSA) is 45.2 Å². The molecule has 1 heterocycles. The second-order valence-corrected chi connectivity index (χ2v) is 3.56. The molecule has 0 aliphatic heterocycles. The molecule has 86 valence electrons. The third kappa shape index (κ3) is 2.81. The highest BCUT2D eigenvalue weighted by Gasteiger charge is 2.09. The second-order valence-electron chi connectivity index (χ2n) is 3.56. The number of pyridine rings is 1. The maximum Gasteiger partial charge on any atom is 0.326 e. The Kier molecular flexibility index (Phi) is 3.35. The predicted octanol–water partition coefficient (Wildman–Crippen LogP) is 2.75. The number of para-hydroxylation sites is 1. The number of rotatable bonds is 2. The van der Waals surface area contributed by atoms with Gasteiger partial charge >= 0.3 is 6.03 Å². The zero-order valence-corrected chi connectivity index (χ0v) is 9.50. The van der Waals surface area contributed by atoms with Crippen LogP contribution in [0.4, 0.5) is 16.2 Å². The molecule has 17 heavy (non-hydrogen) atoms. The Morgan fingerprint density at radius 3 is 2.41 bits per heavy atom. The van der Waals surface area contributed by atoms with Crippen LogP contribution >= 0.6 is 0 Å². The highest BCUT2D eigenvalue weighted by Crippen LogP contribution is 2.13. The minimum absolute atomic E-state index is 0.178. The standard InChI is InChI=1S/C13H13N3O/c1-16(12-5-3-2-4-6-12)13(17)15-11-7-9-14-10-8-11/h2-10H,1H3,(H,14,15,17). The molecule has 0 saturated heterocycles. The highest BCUT2D eigenvalue weighted by molar-refractivity contribution is 6.01. The van der Waals surface area contributed by atoms with Crippen molar-refractivity contribution < 1.29 is 4.79 Å². The van der Waals surface area contributed by atoms with E-state index in [1.165, 1.54) is 0 Å². The van der Waals surface area contributed by atoms with Crippen LogP contribution in [0.25, 0.3) is 0 Å². The monoisotopic (exact) mass is 227 g/mol. The van der Waals surface area contributed by atoms with Crippen LogP contribution in [0.15, 0.2) is 54.9 Å². The van der Waals surface area contributed by atoms with Crippen LogP contribution in [-0.4, -0.2) is 18.1 Å². The normalized spacial score (nSPS) is 9.71. The Hall–Kier alpha value is -2.36. The van der Waals surface area contributed by atoms with Crippen LogP contribution in [0.1, 0.15) is 0 Å². The van der Waals surface area contributed by atoms with Crippen LogP contribution in [0.5, 0.6) is 0 Å². The fourth-order valence-electron chi connectivity index (χ4n) is 1.41. The van der Waals surface area contributed by atoms with Crippen molar-refractivity contribution in [2.24, 2.45) is 0 Å². The predicted molar refractivity (Wildman–Crippen MR) is 68.1 cm³/mol.